The Balaban J connectivity index is 2.09. The largest absolute Gasteiger partial charge is 0.333 e. The third-order valence-corrected chi connectivity index (χ3v) is 2.70. The predicted molar refractivity (Wildman–Crippen MR) is 65.3 cm³/mol. The van der Waals surface area contributed by atoms with Crippen LogP contribution in [0.1, 0.15) is 11.3 Å². The Morgan fingerprint density at radius 3 is 2.94 bits per heavy atom. The van der Waals surface area contributed by atoms with Gasteiger partial charge in [0.05, 0.1) is 18.6 Å². The Bertz CT molecular complexity index is 523. The maximum absolute atomic E-state index is 13.5. The first-order chi connectivity index (χ1) is 8.70. The topological polar surface area (TPSA) is 29.9 Å². The molecule has 3 nitrogen and oxygen atoms in total. The fourth-order valence-corrected chi connectivity index (χ4v) is 1.74. The van der Waals surface area contributed by atoms with E-state index in [-0.39, 0.29) is 6.54 Å². The van der Waals surface area contributed by atoms with Gasteiger partial charge < -0.3 is 9.88 Å². The standard InChI is InChI=1S/C13H15F2N3/c1-16-6-5-11-8-18(9-17-11)7-10-3-2-4-12(14)13(10)15/h2-4,8-9,16H,5-7H2,1H3. The second kappa shape index (κ2) is 5.73. The first-order valence-electron chi connectivity index (χ1n) is 5.79. The number of hydrogen-bond donors (Lipinski definition) is 1. The van der Waals surface area contributed by atoms with Crippen molar-refractivity contribution in [2.24, 2.45) is 0 Å². The van der Waals surface area contributed by atoms with E-state index in [1.807, 2.05) is 13.2 Å². The molecule has 2 aromatic rings. The fraction of sp³-hybridized carbons (Fsp3) is 0.308. The Labute approximate surface area is 104 Å². The molecule has 5 heteroatoms. The summed E-state index contributed by atoms with van der Waals surface area (Å²) in [6, 6.07) is 4.20. The lowest BCUT2D eigenvalue weighted by Crippen LogP contribution is -2.10. The maximum Gasteiger partial charge on any atom is 0.163 e. The van der Waals surface area contributed by atoms with Gasteiger partial charge in [0.1, 0.15) is 0 Å². The van der Waals surface area contributed by atoms with Crippen LogP contribution in [0.5, 0.6) is 0 Å². The van der Waals surface area contributed by atoms with Crippen molar-refractivity contribution in [1.82, 2.24) is 14.9 Å². The third kappa shape index (κ3) is 2.92. The highest BCUT2D eigenvalue weighted by Crippen LogP contribution is 2.13. The molecule has 1 aromatic heterocycles. The van der Waals surface area contributed by atoms with Crippen molar-refractivity contribution in [3.05, 3.63) is 53.6 Å². The molecule has 0 fully saturated rings. The second-order valence-electron chi connectivity index (χ2n) is 4.10. The van der Waals surface area contributed by atoms with Crippen LogP contribution in [0.25, 0.3) is 0 Å². The molecule has 1 aromatic carbocycles. The van der Waals surface area contributed by atoms with E-state index in [9.17, 15) is 8.78 Å². The number of nitrogens with zero attached hydrogens (tertiary/aromatic N) is 2. The number of likely N-dealkylation sites (N-methyl/N-ethyl adjacent to an activating group) is 1. The molecule has 96 valence electrons. The van der Waals surface area contributed by atoms with Crippen LogP contribution in [0.3, 0.4) is 0 Å². The van der Waals surface area contributed by atoms with Crippen LogP contribution in [0, 0.1) is 11.6 Å². The number of rotatable bonds is 5. The molecule has 0 atom stereocenters. The average Bonchev–Trinajstić information content (AvgIpc) is 2.80. The van der Waals surface area contributed by atoms with Gasteiger partial charge in [0.2, 0.25) is 0 Å². The lowest BCUT2D eigenvalue weighted by molar-refractivity contribution is 0.495. The predicted octanol–water partition coefficient (Wildman–Crippen LogP) is 1.97. The molecule has 0 saturated heterocycles. The van der Waals surface area contributed by atoms with Gasteiger partial charge in [-0.2, -0.15) is 0 Å². The van der Waals surface area contributed by atoms with E-state index in [1.165, 1.54) is 6.07 Å². The number of nitrogens with one attached hydrogen (secondary N) is 1. The molecular weight excluding hydrogens is 236 g/mol. The van der Waals surface area contributed by atoms with Crippen molar-refractivity contribution >= 4 is 0 Å². The summed E-state index contributed by atoms with van der Waals surface area (Å²) >= 11 is 0. The quantitative estimate of drug-likeness (QED) is 0.880. The van der Waals surface area contributed by atoms with E-state index < -0.39 is 11.6 Å². The van der Waals surface area contributed by atoms with E-state index in [1.54, 1.807) is 17.0 Å². The minimum Gasteiger partial charge on any atom is -0.333 e. The number of imidazole rings is 1. The number of hydrogen-bond acceptors (Lipinski definition) is 2. The summed E-state index contributed by atoms with van der Waals surface area (Å²) in [5, 5.41) is 3.03. The van der Waals surface area contributed by atoms with Crippen molar-refractivity contribution in [2.75, 3.05) is 13.6 Å². The van der Waals surface area contributed by atoms with Gasteiger partial charge in [-0.25, -0.2) is 13.8 Å². The lowest BCUT2D eigenvalue weighted by atomic mass is 10.2. The number of aromatic nitrogens is 2. The molecular formula is C13H15F2N3. The van der Waals surface area contributed by atoms with E-state index in [2.05, 4.69) is 10.3 Å². The smallest absolute Gasteiger partial charge is 0.163 e. The fourth-order valence-electron chi connectivity index (χ4n) is 1.74. The van der Waals surface area contributed by atoms with Gasteiger partial charge in [0, 0.05) is 24.7 Å². The van der Waals surface area contributed by atoms with E-state index in [0.29, 0.717) is 5.56 Å². The van der Waals surface area contributed by atoms with Gasteiger partial charge in [-0.15, -0.1) is 0 Å². The molecule has 0 radical (unpaired) electrons. The second-order valence-corrected chi connectivity index (χ2v) is 4.10. The Morgan fingerprint density at radius 2 is 2.17 bits per heavy atom. The van der Waals surface area contributed by atoms with Gasteiger partial charge >= 0.3 is 0 Å². The van der Waals surface area contributed by atoms with E-state index in [0.717, 1.165) is 24.7 Å². The van der Waals surface area contributed by atoms with Crippen LogP contribution >= 0.6 is 0 Å². The van der Waals surface area contributed by atoms with Crippen molar-refractivity contribution < 1.29 is 8.78 Å². The summed E-state index contributed by atoms with van der Waals surface area (Å²) in [4.78, 5) is 4.21. The van der Waals surface area contributed by atoms with Crippen LogP contribution in [-0.4, -0.2) is 23.1 Å². The van der Waals surface area contributed by atoms with Gasteiger partial charge in [-0.3, -0.25) is 0 Å². The summed E-state index contributed by atoms with van der Waals surface area (Å²) in [5.74, 6) is -1.61. The SMILES string of the molecule is CNCCc1cn(Cc2cccc(F)c2F)cn1. The highest BCUT2D eigenvalue weighted by Gasteiger charge is 2.08. The molecule has 0 unspecified atom stereocenters. The Kier molecular flexibility index (Phi) is 4.04. The van der Waals surface area contributed by atoms with Gasteiger partial charge in [-0.05, 0) is 13.1 Å². The van der Waals surface area contributed by atoms with E-state index in [4.69, 9.17) is 0 Å². The summed E-state index contributed by atoms with van der Waals surface area (Å²) in [7, 11) is 1.87. The van der Waals surface area contributed by atoms with Crippen molar-refractivity contribution in [1.29, 1.82) is 0 Å². The first-order valence-corrected chi connectivity index (χ1v) is 5.79. The minimum absolute atomic E-state index is 0.288. The molecule has 0 spiro atoms. The zero-order valence-corrected chi connectivity index (χ0v) is 10.2. The highest BCUT2D eigenvalue weighted by atomic mass is 19.2. The number of halogens is 2. The summed E-state index contributed by atoms with van der Waals surface area (Å²) in [6.07, 6.45) is 4.30. The molecule has 0 saturated carbocycles. The van der Waals surface area contributed by atoms with Crippen molar-refractivity contribution in [2.45, 2.75) is 13.0 Å². The number of benzene rings is 1. The Morgan fingerprint density at radius 1 is 1.33 bits per heavy atom. The van der Waals surface area contributed by atoms with Crippen LogP contribution < -0.4 is 5.32 Å². The zero-order chi connectivity index (χ0) is 13.0. The first kappa shape index (κ1) is 12.7. The summed E-state index contributed by atoms with van der Waals surface area (Å²) in [6.45, 7) is 1.13. The summed E-state index contributed by atoms with van der Waals surface area (Å²) in [5.41, 5.74) is 1.26. The van der Waals surface area contributed by atoms with E-state index >= 15 is 0 Å². The molecule has 0 aliphatic carbocycles. The molecule has 0 amide bonds. The van der Waals surface area contributed by atoms with Crippen LogP contribution in [-0.2, 0) is 13.0 Å². The van der Waals surface area contributed by atoms with Gasteiger partial charge in [0.15, 0.2) is 11.6 Å². The molecule has 18 heavy (non-hydrogen) atoms. The minimum atomic E-state index is -0.817. The monoisotopic (exact) mass is 251 g/mol. The molecule has 0 aliphatic heterocycles. The van der Waals surface area contributed by atoms with Crippen LogP contribution in [0.15, 0.2) is 30.7 Å². The molecule has 0 bridgehead atoms. The van der Waals surface area contributed by atoms with Crippen LogP contribution in [0.4, 0.5) is 8.78 Å². The van der Waals surface area contributed by atoms with Crippen LogP contribution in [0.2, 0.25) is 0 Å². The Hall–Kier alpha value is -1.75. The van der Waals surface area contributed by atoms with Crippen molar-refractivity contribution in [3.8, 4) is 0 Å². The molecule has 0 aliphatic rings. The highest BCUT2D eigenvalue weighted by molar-refractivity contribution is 5.19. The molecule has 2 rings (SSSR count). The lowest BCUT2D eigenvalue weighted by Gasteiger charge is -2.04. The summed E-state index contributed by atoms with van der Waals surface area (Å²) < 4.78 is 28.3. The molecule has 1 heterocycles. The zero-order valence-electron chi connectivity index (χ0n) is 10.2. The van der Waals surface area contributed by atoms with Crippen molar-refractivity contribution in [3.63, 3.8) is 0 Å². The maximum atomic E-state index is 13.5. The molecule has 1 N–H and O–H groups in total. The third-order valence-electron chi connectivity index (χ3n) is 2.70. The normalized spacial score (nSPS) is 10.8. The van der Waals surface area contributed by atoms with Gasteiger partial charge in [-0.1, -0.05) is 12.1 Å². The van der Waals surface area contributed by atoms with Gasteiger partial charge in [0.25, 0.3) is 0 Å². The average molecular weight is 251 g/mol.